The van der Waals surface area contributed by atoms with Crippen molar-refractivity contribution in [1.29, 1.82) is 0 Å². The molecule has 5 heteroatoms. The number of rotatable bonds is 2. The fourth-order valence-corrected chi connectivity index (χ4v) is 5.41. The van der Waals surface area contributed by atoms with E-state index in [1.807, 2.05) is 13.1 Å². The Morgan fingerprint density at radius 1 is 1.73 bits per heavy atom. The molecule has 2 heterocycles. The van der Waals surface area contributed by atoms with Crippen LogP contribution in [0.2, 0.25) is 0 Å². The third kappa shape index (κ3) is 2.23. The predicted molar refractivity (Wildman–Crippen MR) is 64.9 cm³/mol. The van der Waals surface area contributed by atoms with E-state index >= 15 is 0 Å². The molecule has 2 atom stereocenters. The van der Waals surface area contributed by atoms with Crippen LogP contribution in [0.5, 0.6) is 0 Å². The smallest absolute Gasteiger partial charge is 0.0896 e. The maximum atomic E-state index is 12.3. The minimum atomic E-state index is -1.92. The van der Waals surface area contributed by atoms with Crippen molar-refractivity contribution in [3.63, 3.8) is 0 Å². The monoisotopic (exact) mass is 244 g/mol. The molecule has 0 saturated carbocycles. The highest BCUT2D eigenvalue weighted by atomic mass is 32.2. The third-order valence-corrected chi connectivity index (χ3v) is 6.76. The summed E-state index contributed by atoms with van der Waals surface area (Å²) in [5, 5.41) is 1.34. The lowest BCUT2D eigenvalue weighted by molar-refractivity contribution is 0.667. The second-order valence-electron chi connectivity index (χ2n) is 3.89. The minimum Gasteiger partial charge on any atom is -0.250 e. The molecule has 1 aromatic heterocycles. The summed E-state index contributed by atoms with van der Waals surface area (Å²) in [5.74, 6) is 0.784. The summed E-state index contributed by atoms with van der Waals surface area (Å²) in [4.78, 5) is 5.47. The van der Waals surface area contributed by atoms with Gasteiger partial charge >= 0.3 is 0 Å². The largest absolute Gasteiger partial charge is 0.250 e. The average molecular weight is 244 g/mol. The number of hydrogen-bond donors (Lipinski definition) is 0. The first-order valence-corrected chi connectivity index (χ1v) is 7.73. The van der Waals surface area contributed by atoms with Gasteiger partial charge < -0.3 is 0 Å². The molecule has 1 fully saturated rings. The van der Waals surface area contributed by atoms with Crippen molar-refractivity contribution in [2.45, 2.75) is 31.4 Å². The van der Waals surface area contributed by atoms with Crippen LogP contribution in [0.1, 0.15) is 22.7 Å². The van der Waals surface area contributed by atoms with E-state index in [0.29, 0.717) is 0 Å². The Kier molecular flexibility index (Phi) is 3.11. The predicted octanol–water partition coefficient (Wildman–Crippen LogP) is 2.25. The normalized spacial score (nSPS) is 30.7. The standard InChI is InChI=1S/C10H16N2OS2/c1-8-12-7-9(14-8)6-10-4-3-5-15(10,13)11-2/h7,10H,3-6H2,1-2H3. The molecule has 0 aromatic carbocycles. The summed E-state index contributed by atoms with van der Waals surface area (Å²) < 4.78 is 16.4. The van der Waals surface area contributed by atoms with Gasteiger partial charge in [0.15, 0.2) is 0 Å². The highest BCUT2D eigenvalue weighted by molar-refractivity contribution is 7.94. The summed E-state index contributed by atoms with van der Waals surface area (Å²) in [6.07, 6.45) is 4.90. The lowest BCUT2D eigenvalue weighted by Crippen LogP contribution is -2.17. The van der Waals surface area contributed by atoms with Gasteiger partial charge in [0.2, 0.25) is 0 Å². The van der Waals surface area contributed by atoms with E-state index in [4.69, 9.17) is 0 Å². The van der Waals surface area contributed by atoms with E-state index in [-0.39, 0.29) is 5.25 Å². The highest BCUT2D eigenvalue weighted by Gasteiger charge is 2.29. The second-order valence-corrected chi connectivity index (χ2v) is 8.03. The van der Waals surface area contributed by atoms with Crippen LogP contribution in [-0.4, -0.2) is 27.2 Å². The van der Waals surface area contributed by atoms with Crippen LogP contribution >= 0.6 is 11.3 Å². The number of aromatic nitrogens is 1. The van der Waals surface area contributed by atoms with Crippen LogP contribution in [0.4, 0.5) is 0 Å². The quantitative estimate of drug-likeness (QED) is 0.801. The molecule has 1 saturated heterocycles. The van der Waals surface area contributed by atoms with E-state index in [9.17, 15) is 4.21 Å². The molecule has 1 aromatic rings. The molecule has 1 aliphatic rings. The molecule has 2 rings (SSSR count). The summed E-state index contributed by atoms with van der Waals surface area (Å²) >= 11 is 1.71. The van der Waals surface area contributed by atoms with Gasteiger partial charge in [-0.3, -0.25) is 0 Å². The molecule has 15 heavy (non-hydrogen) atoms. The summed E-state index contributed by atoms with van der Waals surface area (Å²) in [5.41, 5.74) is 0. The molecule has 0 aliphatic carbocycles. The Balaban J connectivity index is 2.16. The van der Waals surface area contributed by atoms with Crippen LogP contribution in [-0.2, 0) is 16.1 Å². The van der Waals surface area contributed by atoms with E-state index < -0.39 is 9.73 Å². The first kappa shape index (κ1) is 11.1. The molecule has 0 radical (unpaired) electrons. The molecular weight excluding hydrogens is 228 g/mol. The fraction of sp³-hybridized carbons (Fsp3) is 0.700. The van der Waals surface area contributed by atoms with Gasteiger partial charge in [0.1, 0.15) is 0 Å². The maximum absolute atomic E-state index is 12.3. The highest BCUT2D eigenvalue weighted by Crippen LogP contribution is 2.27. The zero-order chi connectivity index (χ0) is 10.9. The third-order valence-electron chi connectivity index (χ3n) is 2.89. The van der Waals surface area contributed by atoms with E-state index in [2.05, 4.69) is 9.35 Å². The average Bonchev–Trinajstić information content (AvgIpc) is 2.76. The lowest BCUT2D eigenvalue weighted by Gasteiger charge is -2.10. The van der Waals surface area contributed by atoms with Crippen LogP contribution in [0, 0.1) is 6.92 Å². The first-order valence-electron chi connectivity index (χ1n) is 5.17. The first-order chi connectivity index (χ1) is 7.14. The Labute approximate surface area is 95.1 Å². The zero-order valence-corrected chi connectivity index (χ0v) is 10.7. The number of thiazole rings is 1. The van der Waals surface area contributed by atoms with Crippen LogP contribution in [0.15, 0.2) is 10.6 Å². The summed E-state index contributed by atoms with van der Waals surface area (Å²) in [7, 11) is -0.224. The molecular formula is C10H16N2OS2. The molecule has 84 valence electrons. The van der Waals surface area contributed by atoms with Gasteiger partial charge in [-0.2, -0.15) is 0 Å². The van der Waals surface area contributed by atoms with Crippen molar-refractivity contribution in [1.82, 2.24) is 4.98 Å². The summed E-state index contributed by atoms with van der Waals surface area (Å²) in [6.45, 7) is 2.00. The number of aryl methyl sites for hydroxylation is 1. The maximum Gasteiger partial charge on any atom is 0.0896 e. The molecule has 0 N–H and O–H groups in total. The minimum absolute atomic E-state index is 0.252. The van der Waals surface area contributed by atoms with Crippen LogP contribution < -0.4 is 0 Å². The van der Waals surface area contributed by atoms with Crippen molar-refractivity contribution in [2.24, 2.45) is 4.36 Å². The second kappa shape index (κ2) is 4.22. The molecule has 0 spiro atoms. The topological polar surface area (TPSA) is 42.3 Å². The van der Waals surface area contributed by atoms with Gasteiger partial charge in [-0.05, 0) is 26.2 Å². The molecule has 3 nitrogen and oxygen atoms in total. The zero-order valence-electron chi connectivity index (χ0n) is 9.10. The molecule has 0 bridgehead atoms. The van der Waals surface area contributed by atoms with Crippen LogP contribution in [0.25, 0.3) is 0 Å². The van der Waals surface area contributed by atoms with Crippen LogP contribution in [0.3, 0.4) is 0 Å². The molecule has 0 amide bonds. The van der Waals surface area contributed by atoms with Gasteiger partial charge in [-0.15, -0.1) is 11.3 Å². The Hall–Kier alpha value is -0.420. The fourth-order valence-electron chi connectivity index (χ4n) is 2.07. The number of hydrogen-bond acceptors (Lipinski definition) is 4. The SMILES string of the molecule is CN=S1(=O)CCCC1Cc1cnc(C)s1. The Morgan fingerprint density at radius 2 is 2.53 bits per heavy atom. The molecule has 1 aliphatic heterocycles. The van der Waals surface area contributed by atoms with Gasteiger partial charge in [0, 0.05) is 38.9 Å². The Bertz CT molecular complexity index is 458. The van der Waals surface area contributed by atoms with Gasteiger partial charge in [0.25, 0.3) is 0 Å². The Morgan fingerprint density at radius 3 is 3.13 bits per heavy atom. The van der Waals surface area contributed by atoms with E-state index in [0.717, 1.165) is 30.0 Å². The van der Waals surface area contributed by atoms with Crippen molar-refractivity contribution in [3.8, 4) is 0 Å². The van der Waals surface area contributed by atoms with Crippen molar-refractivity contribution in [2.75, 3.05) is 12.8 Å². The van der Waals surface area contributed by atoms with E-state index in [1.54, 1.807) is 18.4 Å². The van der Waals surface area contributed by atoms with Gasteiger partial charge in [-0.25, -0.2) is 13.6 Å². The molecule has 2 unspecified atom stereocenters. The number of nitrogens with zero attached hydrogens (tertiary/aromatic N) is 2. The van der Waals surface area contributed by atoms with E-state index in [1.165, 1.54) is 4.88 Å². The van der Waals surface area contributed by atoms with Gasteiger partial charge in [0.05, 0.1) is 5.01 Å². The summed E-state index contributed by atoms with van der Waals surface area (Å²) in [6, 6.07) is 0. The van der Waals surface area contributed by atoms with Crippen molar-refractivity contribution in [3.05, 3.63) is 16.1 Å². The lowest BCUT2D eigenvalue weighted by atomic mass is 10.2. The van der Waals surface area contributed by atoms with Gasteiger partial charge in [-0.1, -0.05) is 0 Å². The van der Waals surface area contributed by atoms with Crippen molar-refractivity contribution < 1.29 is 4.21 Å². The van der Waals surface area contributed by atoms with Crippen molar-refractivity contribution >= 4 is 21.1 Å².